The highest BCUT2D eigenvalue weighted by Gasteiger charge is 2.36. The van der Waals surface area contributed by atoms with Gasteiger partial charge in [0.15, 0.2) is 0 Å². The van der Waals surface area contributed by atoms with E-state index in [-0.39, 0.29) is 41.1 Å². The highest BCUT2D eigenvalue weighted by atomic mass is 35.5. The van der Waals surface area contributed by atoms with E-state index in [0.717, 1.165) is 26.2 Å². The number of nitro groups is 1. The molecule has 22 heteroatoms. The lowest BCUT2D eigenvalue weighted by Crippen LogP contribution is -2.41. The van der Waals surface area contributed by atoms with Gasteiger partial charge in [-0.05, 0) is 12.1 Å². The van der Waals surface area contributed by atoms with Crippen molar-refractivity contribution >= 4 is 34.6 Å². The summed E-state index contributed by atoms with van der Waals surface area (Å²) in [4.78, 5) is 57.5. The van der Waals surface area contributed by atoms with Gasteiger partial charge in [-0.3, -0.25) is 28.8 Å². The predicted molar refractivity (Wildman–Crippen MR) is 146 cm³/mol. The lowest BCUT2D eigenvalue weighted by Gasteiger charge is -2.14. The molecule has 46 heavy (non-hydrogen) atoms. The summed E-state index contributed by atoms with van der Waals surface area (Å²) in [5.74, 6) is -2.36. The number of nitrogens with two attached hydrogens (primary N) is 1. The smallest absolute Gasteiger partial charge is 0.397 e. The second-order valence-electron chi connectivity index (χ2n) is 8.92. The van der Waals surface area contributed by atoms with Gasteiger partial charge in [0.2, 0.25) is 0 Å². The summed E-state index contributed by atoms with van der Waals surface area (Å²) < 4.78 is 105. The number of aromatic nitrogens is 4. The average molecular weight is 705 g/mol. The number of hydrogen-bond donors (Lipinski definition) is 1. The zero-order valence-electron chi connectivity index (χ0n) is 22.5. The molecule has 0 aliphatic rings. The van der Waals surface area contributed by atoms with Crippen molar-refractivity contribution in [3.63, 3.8) is 0 Å². The number of anilines is 1. The molecule has 0 saturated carbocycles. The van der Waals surface area contributed by atoms with Crippen LogP contribution in [-0.4, -0.2) is 23.2 Å². The van der Waals surface area contributed by atoms with Crippen molar-refractivity contribution in [1.29, 1.82) is 0 Å². The molecule has 0 atom stereocenters. The van der Waals surface area contributed by atoms with Crippen LogP contribution >= 0.6 is 23.2 Å². The van der Waals surface area contributed by atoms with Gasteiger partial charge < -0.3 is 5.73 Å². The number of halogens is 10. The first-order valence-corrected chi connectivity index (χ1v) is 12.4. The Hall–Kier alpha value is -4.98. The normalized spacial score (nSPS) is 11.7. The molecule has 246 valence electrons. The lowest BCUT2D eigenvalue weighted by atomic mass is 10.2. The maximum absolute atomic E-state index is 14.0. The van der Waals surface area contributed by atoms with Gasteiger partial charge in [0.1, 0.15) is 28.0 Å². The Labute approximate surface area is 257 Å². The van der Waals surface area contributed by atoms with E-state index in [4.69, 9.17) is 28.9 Å². The Morgan fingerprint density at radius 1 is 0.696 bits per heavy atom. The van der Waals surface area contributed by atoms with Crippen LogP contribution in [0.15, 0.2) is 55.6 Å². The number of benzene rings is 2. The third-order valence-electron chi connectivity index (χ3n) is 5.98. The molecule has 0 spiro atoms. The first-order valence-electron chi connectivity index (χ1n) is 11.7. The van der Waals surface area contributed by atoms with Crippen molar-refractivity contribution in [2.75, 3.05) is 5.73 Å². The molecule has 0 unspecified atom stereocenters. The van der Waals surface area contributed by atoms with Crippen molar-refractivity contribution < 1.29 is 40.0 Å². The quantitative estimate of drug-likeness (QED) is 0.145. The van der Waals surface area contributed by atoms with E-state index in [1.54, 1.807) is 0 Å². The minimum absolute atomic E-state index is 0.0495. The highest BCUT2D eigenvalue weighted by Crippen LogP contribution is 2.30. The van der Waals surface area contributed by atoms with Crippen LogP contribution < -0.4 is 28.2 Å². The zero-order valence-corrected chi connectivity index (χ0v) is 24.0. The zero-order chi connectivity index (χ0) is 35.2. The molecule has 2 aromatic carbocycles. The molecule has 4 rings (SSSR count). The fourth-order valence-electron chi connectivity index (χ4n) is 3.80. The molecular weight excluding hydrogens is 691 g/mol. The summed E-state index contributed by atoms with van der Waals surface area (Å²) in [5, 5.41) is 10.1. The second-order valence-corrected chi connectivity index (χ2v) is 9.74. The van der Waals surface area contributed by atoms with Gasteiger partial charge in [0.05, 0.1) is 27.0 Å². The van der Waals surface area contributed by atoms with Crippen molar-refractivity contribution in [3.05, 3.63) is 121 Å². The van der Waals surface area contributed by atoms with E-state index < -0.39 is 84.9 Å². The lowest BCUT2D eigenvalue weighted by molar-refractivity contribution is -0.384. The monoisotopic (exact) mass is 704 g/mol. The maximum atomic E-state index is 14.0. The minimum atomic E-state index is -4.99. The number of nitro benzene ring substituents is 1. The Morgan fingerprint density at radius 3 is 1.43 bits per heavy atom. The Balaban J connectivity index is 0.000000251. The Kier molecular flexibility index (Phi) is 9.59. The molecule has 0 saturated heterocycles. The molecule has 2 N–H and O–H groups in total. The van der Waals surface area contributed by atoms with Crippen LogP contribution in [0.2, 0.25) is 10.0 Å². The summed E-state index contributed by atoms with van der Waals surface area (Å²) in [6, 6.07) is 2.92. The first kappa shape index (κ1) is 35.5. The molecule has 12 nitrogen and oxygen atoms in total. The Bertz CT molecular complexity index is 2140. The van der Waals surface area contributed by atoms with Crippen molar-refractivity contribution in [3.8, 4) is 11.4 Å². The van der Waals surface area contributed by atoms with Crippen LogP contribution in [0.4, 0.5) is 46.5 Å². The molecule has 4 aromatic rings. The van der Waals surface area contributed by atoms with Gasteiger partial charge in [0, 0.05) is 38.4 Å². The van der Waals surface area contributed by atoms with Crippen LogP contribution in [0.1, 0.15) is 11.4 Å². The van der Waals surface area contributed by atoms with Crippen molar-refractivity contribution in [1.82, 2.24) is 18.3 Å². The van der Waals surface area contributed by atoms with Crippen molar-refractivity contribution in [2.45, 2.75) is 12.4 Å². The number of hydrogen-bond acceptors (Lipinski definition) is 7. The average Bonchev–Trinajstić information content (AvgIpc) is 2.91. The van der Waals surface area contributed by atoms with Crippen LogP contribution in [0.3, 0.4) is 0 Å². The molecule has 2 aromatic heterocycles. The van der Waals surface area contributed by atoms with Gasteiger partial charge in [0.25, 0.3) is 16.8 Å². The summed E-state index contributed by atoms with van der Waals surface area (Å²) in [7, 11) is 1.54. The summed E-state index contributed by atoms with van der Waals surface area (Å²) >= 11 is 11.1. The number of alkyl halides is 6. The fraction of sp³-hybridized carbons (Fsp3) is 0.167. The molecular formula is C24H14Cl2F8N6O6. The van der Waals surface area contributed by atoms with Crippen LogP contribution in [-0.2, 0) is 26.4 Å². The largest absolute Gasteiger partial charge is 0.431 e. The third kappa shape index (κ3) is 6.81. The van der Waals surface area contributed by atoms with Gasteiger partial charge in [-0.25, -0.2) is 27.5 Å². The summed E-state index contributed by atoms with van der Waals surface area (Å²) in [5.41, 5.74) is -5.66. The van der Waals surface area contributed by atoms with Crippen molar-refractivity contribution in [2.24, 2.45) is 14.1 Å². The van der Waals surface area contributed by atoms with Crippen LogP contribution in [0, 0.1) is 21.7 Å². The standard InChI is InChI=1S/C12H6ClF4N3O4.C12H8ClF4N3O2/c1-18-9(12(15,16)17)4-10(21)19(11(18)22)8-3-7(20(23)24)5(13)2-6(8)14;1-19-9(12(15,16)17)4-10(21)20(11(19)22)8-3-7(18)5(13)2-6(8)14/h2-4H,1H3;2-4H,18H2,1H3. The number of nitrogen functional groups attached to an aromatic ring is 1. The number of rotatable bonds is 3. The molecule has 0 fully saturated rings. The van der Waals surface area contributed by atoms with Gasteiger partial charge >= 0.3 is 23.7 Å². The van der Waals surface area contributed by atoms with E-state index in [9.17, 15) is 64.4 Å². The fourth-order valence-corrected chi connectivity index (χ4v) is 4.17. The molecule has 0 amide bonds. The summed E-state index contributed by atoms with van der Waals surface area (Å²) in [6.07, 6.45) is -9.89. The van der Waals surface area contributed by atoms with Crippen LogP contribution in [0.25, 0.3) is 11.4 Å². The van der Waals surface area contributed by atoms with E-state index >= 15 is 0 Å². The SMILES string of the molecule is Cn1c(C(F)(F)F)cc(=O)n(-c2cc(N)c(Cl)cc2F)c1=O.Cn1c(C(F)(F)F)cc(=O)n(-c2cc([N+](=O)[O-])c(Cl)cc2F)c1=O. The van der Waals surface area contributed by atoms with Gasteiger partial charge in [-0.1, -0.05) is 23.2 Å². The van der Waals surface area contributed by atoms with E-state index in [2.05, 4.69) is 0 Å². The molecule has 0 bridgehead atoms. The molecule has 0 aliphatic heterocycles. The van der Waals surface area contributed by atoms with E-state index in [1.807, 2.05) is 0 Å². The maximum Gasteiger partial charge on any atom is 0.431 e. The number of nitrogens with zero attached hydrogens (tertiary/aromatic N) is 5. The summed E-state index contributed by atoms with van der Waals surface area (Å²) in [6.45, 7) is 0. The molecule has 2 heterocycles. The predicted octanol–water partition coefficient (Wildman–Crippen LogP) is 4.19. The third-order valence-corrected chi connectivity index (χ3v) is 6.61. The highest BCUT2D eigenvalue weighted by molar-refractivity contribution is 6.33. The van der Waals surface area contributed by atoms with Gasteiger partial charge in [-0.2, -0.15) is 26.3 Å². The topological polar surface area (TPSA) is 157 Å². The second kappa shape index (κ2) is 12.4. The Morgan fingerprint density at radius 2 is 1.07 bits per heavy atom. The first-order chi connectivity index (χ1) is 21.0. The van der Waals surface area contributed by atoms with Gasteiger partial charge in [-0.15, -0.1) is 0 Å². The van der Waals surface area contributed by atoms with E-state index in [1.165, 1.54) is 0 Å². The van der Waals surface area contributed by atoms with E-state index in [0.29, 0.717) is 12.1 Å². The molecule has 0 radical (unpaired) electrons. The van der Waals surface area contributed by atoms with Crippen LogP contribution in [0.5, 0.6) is 0 Å². The molecule has 0 aliphatic carbocycles. The minimum Gasteiger partial charge on any atom is -0.397 e.